The van der Waals surface area contributed by atoms with Crippen molar-refractivity contribution in [3.8, 4) is 0 Å². The molecule has 0 saturated carbocycles. The van der Waals surface area contributed by atoms with Crippen molar-refractivity contribution in [2.24, 2.45) is 7.05 Å². The fourth-order valence-electron chi connectivity index (χ4n) is 1.60. The number of carbonyl (C=O) groups is 1. The number of aromatic carboxylic acids is 1. The van der Waals surface area contributed by atoms with E-state index in [0.29, 0.717) is 18.8 Å². The third-order valence-corrected chi connectivity index (χ3v) is 3.74. The van der Waals surface area contributed by atoms with Crippen LogP contribution in [0.2, 0.25) is 4.34 Å². The summed E-state index contributed by atoms with van der Waals surface area (Å²) in [5, 5.41) is 16.1. The van der Waals surface area contributed by atoms with E-state index in [1.54, 1.807) is 11.7 Å². The van der Waals surface area contributed by atoms with Gasteiger partial charge in [0.25, 0.3) is 0 Å². The van der Waals surface area contributed by atoms with Crippen molar-refractivity contribution in [3.05, 3.63) is 38.8 Å². The van der Waals surface area contributed by atoms with Gasteiger partial charge in [-0.15, -0.1) is 11.3 Å². The van der Waals surface area contributed by atoms with Crippen LogP contribution in [0.3, 0.4) is 0 Å². The number of aryl methyl sites for hydroxylation is 1. The second-order valence-corrected chi connectivity index (χ2v) is 5.54. The first-order valence-electron chi connectivity index (χ1n) is 5.27. The predicted octanol–water partition coefficient (Wildman–Crippen LogP) is 2.12. The fraction of sp³-hybridized carbons (Fsp3) is 0.273. The van der Waals surface area contributed by atoms with Crippen LogP contribution in [0, 0.1) is 0 Å². The lowest BCUT2D eigenvalue weighted by atomic mass is 10.2. The standard InChI is InChI=1S/C11H12ClN3O2S/c1-15-9(8(5-14-15)11(16)17)6-13-4-7-2-3-10(12)18-7/h2-3,5,13H,4,6H2,1H3,(H,16,17). The summed E-state index contributed by atoms with van der Waals surface area (Å²) >= 11 is 7.33. The molecule has 0 spiro atoms. The summed E-state index contributed by atoms with van der Waals surface area (Å²) in [7, 11) is 1.73. The summed E-state index contributed by atoms with van der Waals surface area (Å²) < 4.78 is 2.32. The first-order chi connectivity index (χ1) is 8.58. The third-order valence-electron chi connectivity index (χ3n) is 2.51. The SMILES string of the molecule is Cn1ncc(C(=O)O)c1CNCc1ccc(Cl)s1. The Balaban J connectivity index is 1.98. The van der Waals surface area contributed by atoms with Gasteiger partial charge in [-0.25, -0.2) is 4.79 Å². The van der Waals surface area contributed by atoms with Gasteiger partial charge in [0.15, 0.2) is 0 Å². The quantitative estimate of drug-likeness (QED) is 0.883. The highest BCUT2D eigenvalue weighted by atomic mass is 35.5. The average Bonchev–Trinajstić information content (AvgIpc) is 2.87. The maximum absolute atomic E-state index is 11.0. The molecule has 0 aliphatic rings. The molecule has 0 fully saturated rings. The van der Waals surface area contributed by atoms with E-state index in [1.165, 1.54) is 17.5 Å². The van der Waals surface area contributed by atoms with E-state index in [4.69, 9.17) is 16.7 Å². The molecule has 5 nitrogen and oxygen atoms in total. The molecule has 0 unspecified atom stereocenters. The number of thiophene rings is 1. The van der Waals surface area contributed by atoms with Crippen LogP contribution >= 0.6 is 22.9 Å². The Morgan fingerprint density at radius 3 is 2.94 bits per heavy atom. The number of nitrogens with zero attached hydrogens (tertiary/aromatic N) is 2. The highest BCUT2D eigenvalue weighted by Crippen LogP contribution is 2.21. The van der Waals surface area contributed by atoms with Crippen molar-refractivity contribution >= 4 is 28.9 Å². The molecule has 0 saturated heterocycles. The van der Waals surface area contributed by atoms with Gasteiger partial charge < -0.3 is 10.4 Å². The Morgan fingerprint density at radius 1 is 1.56 bits per heavy atom. The van der Waals surface area contributed by atoms with Crippen molar-refractivity contribution in [3.63, 3.8) is 0 Å². The Bertz CT molecular complexity index is 564. The molecule has 0 amide bonds. The zero-order chi connectivity index (χ0) is 13.1. The highest BCUT2D eigenvalue weighted by molar-refractivity contribution is 7.16. The molecule has 0 aromatic carbocycles. The van der Waals surface area contributed by atoms with Crippen LogP contribution in [0.1, 0.15) is 20.9 Å². The molecule has 2 heterocycles. The number of hydrogen-bond acceptors (Lipinski definition) is 4. The van der Waals surface area contributed by atoms with Gasteiger partial charge in [0.1, 0.15) is 5.56 Å². The van der Waals surface area contributed by atoms with Gasteiger partial charge in [-0.3, -0.25) is 4.68 Å². The second-order valence-electron chi connectivity index (χ2n) is 3.74. The predicted molar refractivity (Wildman–Crippen MR) is 70.0 cm³/mol. The van der Waals surface area contributed by atoms with E-state index in [9.17, 15) is 4.79 Å². The number of halogens is 1. The first-order valence-corrected chi connectivity index (χ1v) is 6.46. The molecule has 2 rings (SSSR count). The molecule has 18 heavy (non-hydrogen) atoms. The van der Waals surface area contributed by atoms with Crippen LogP contribution in [0.4, 0.5) is 0 Å². The monoisotopic (exact) mass is 285 g/mol. The highest BCUT2D eigenvalue weighted by Gasteiger charge is 2.14. The van der Waals surface area contributed by atoms with E-state index < -0.39 is 5.97 Å². The van der Waals surface area contributed by atoms with Crippen LogP contribution in [0.25, 0.3) is 0 Å². The summed E-state index contributed by atoms with van der Waals surface area (Å²) in [6.45, 7) is 1.11. The molecule has 96 valence electrons. The van der Waals surface area contributed by atoms with Crippen molar-refractivity contribution < 1.29 is 9.90 Å². The van der Waals surface area contributed by atoms with Crippen molar-refractivity contribution in [2.75, 3.05) is 0 Å². The van der Waals surface area contributed by atoms with Gasteiger partial charge in [-0.1, -0.05) is 11.6 Å². The van der Waals surface area contributed by atoms with Crippen LogP contribution < -0.4 is 5.32 Å². The van der Waals surface area contributed by atoms with Crippen molar-refractivity contribution in [2.45, 2.75) is 13.1 Å². The van der Waals surface area contributed by atoms with E-state index in [-0.39, 0.29) is 5.56 Å². The van der Waals surface area contributed by atoms with Crippen molar-refractivity contribution in [1.29, 1.82) is 0 Å². The van der Waals surface area contributed by atoms with Crippen LogP contribution in [-0.2, 0) is 20.1 Å². The number of carboxylic acids is 1. The summed E-state index contributed by atoms with van der Waals surface area (Å²) in [4.78, 5) is 12.1. The lowest BCUT2D eigenvalue weighted by Crippen LogP contribution is -2.17. The number of hydrogen-bond donors (Lipinski definition) is 2. The maximum atomic E-state index is 11.0. The summed E-state index contributed by atoms with van der Waals surface area (Å²) in [6, 6.07) is 3.79. The number of nitrogens with one attached hydrogen (secondary N) is 1. The normalized spacial score (nSPS) is 10.8. The Morgan fingerprint density at radius 2 is 2.33 bits per heavy atom. The van der Waals surface area contributed by atoms with Crippen LogP contribution in [0.5, 0.6) is 0 Å². The van der Waals surface area contributed by atoms with Gasteiger partial charge in [0.05, 0.1) is 16.2 Å². The molecule has 2 aromatic rings. The van der Waals surface area contributed by atoms with Gasteiger partial charge in [-0.05, 0) is 12.1 Å². The molecule has 0 radical (unpaired) electrons. The van der Waals surface area contributed by atoms with E-state index in [1.807, 2.05) is 12.1 Å². The largest absolute Gasteiger partial charge is 0.478 e. The zero-order valence-corrected chi connectivity index (χ0v) is 11.3. The summed E-state index contributed by atoms with van der Waals surface area (Å²) in [6.07, 6.45) is 1.36. The number of carboxylic acid groups (broad SMARTS) is 1. The summed E-state index contributed by atoms with van der Waals surface area (Å²) in [5.41, 5.74) is 0.888. The van der Waals surface area contributed by atoms with E-state index >= 15 is 0 Å². The molecular formula is C11H12ClN3O2S. The Kier molecular flexibility index (Phi) is 4.00. The third kappa shape index (κ3) is 2.90. The van der Waals surface area contributed by atoms with Crippen LogP contribution in [-0.4, -0.2) is 20.9 Å². The molecule has 0 bridgehead atoms. The molecule has 0 atom stereocenters. The maximum Gasteiger partial charge on any atom is 0.339 e. The molecule has 2 aromatic heterocycles. The molecular weight excluding hydrogens is 274 g/mol. The molecule has 7 heteroatoms. The lowest BCUT2D eigenvalue weighted by molar-refractivity contribution is 0.0695. The number of rotatable bonds is 5. The second kappa shape index (κ2) is 5.51. The minimum atomic E-state index is -0.959. The van der Waals surface area contributed by atoms with Crippen molar-refractivity contribution in [1.82, 2.24) is 15.1 Å². The number of aromatic nitrogens is 2. The van der Waals surface area contributed by atoms with Gasteiger partial charge in [0.2, 0.25) is 0 Å². The topological polar surface area (TPSA) is 67.2 Å². The van der Waals surface area contributed by atoms with Gasteiger partial charge in [-0.2, -0.15) is 5.10 Å². The average molecular weight is 286 g/mol. The minimum absolute atomic E-state index is 0.231. The Hall–Kier alpha value is -1.37. The van der Waals surface area contributed by atoms with E-state index in [0.717, 1.165) is 9.21 Å². The fourth-order valence-corrected chi connectivity index (χ4v) is 2.66. The van der Waals surface area contributed by atoms with Gasteiger partial charge in [0, 0.05) is 25.0 Å². The Labute approximate surface area is 113 Å². The molecule has 0 aliphatic carbocycles. The smallest absolute Gasteiger partial charge is 0.339 e. The molecule has 2 N–H and O–H groups in total. The lowest BCUT2D eigenvalue weighted by Gasteiger charge is -2.05. The first kappa shape index (κ1) is 13.1. The van der Waals surface area contributed by atoms with Gasteiger partial charge >= 0.3 is 5.97 Å². The minimum Gasteiger partial charge on any atom is -0.478 e. The zero-order valence-electron chi connectivity index (χ0n) is 9.68. The molecule has 0 aliphatic heterocycles. The van der Waals surface area contributed by atoms with Crippen LogP contribution in [0.15, 0.2) is 18.3 Å². The summed E-state index contributed by atoms with van der Waals surface area (Å²) in [5.74, 6) is -0.959. The van der Waals surface area contributed by atoms with E-state index in [2.05, 4.69) is 10.4 Å².